The minimum Gasteiger partial charge on any atom is -0.0976 e. The first-order valence-corrected chi connectivity index (χ1v) is 3.52. The molecule has 0 aliphatic rings. The highest BCUT2D eigenvalue weighted by Crippen LogP contribution is 2.07. The molecule has 0 aromatic heterocycles. The first-order chi connectivity index (χ1) is 4.16. The Kier molecular flexibility index (Phi) is 4.51. The molecule has 9 heavy (non-hydrogen) atoms. The molecule has 0 saturated carbocycles. The molecular weight excluding hydrogens is 132 g/mol. The van der Waals surface area contributed by atoms with E-state index in [2.05, 4.69) is 20.4 Å². The van der Waals surface area contributed by atoms with Crippen LogP contribution in [0, 0.1) is 5.92 Å². The minimum atomic E-state index is 0.679. The van der Waals surface area contributed by atoms with Gasteiger partial charge in [-0.25, -0.2) is 0 Å². The van der Waals surface area contributed by atoms with Crippen molar-refractivity contribution in [1.29, 1.82) is 0 Å². The van der Waals surface area contributed by atoms with Crippen molar-refractivity contribution < 1.29 is 0 Å². The fraction of sp³-hybridized carbons (Fsp3) is 0.500. The summed E-state index contributed by atoms with van der Waals surface area (Å²) in [6.45, 7) is 7.85. The Balaban J connectivity index is 3.56. The van der Waals surface area contributed by atoms with E-state index in [1.165, 1.54) is 0 Å². The molecule has 0 aromatic carbocycles. The van der Waals surface area contributed by atoms with Crippen LogP contribution >= 0.6 is 11.6 Å². The highest BCUT2D eigenvalue weighted by molar-refractivity contribution is 6.31. The predicted octanol–water partition coefficient (Wildman–Crippen LogP) is 3.34. The van der Waals surface area contributed by atoms with E-state index < -0.39 is 0 Å². The Bertz CT molecular complexity index is 112. The summed E-state index contributed by atoms with van der Waals surface area (Å²) in [6.07, 6.45) is 4.67. The van der Waals surface area contributed by atoms with Crippen molar-refractivity contribution in [2.24, 2.45) is 5.92 Å². The summed E-state index contributed by atoms with van der Waals surface area (Å²) in [5, 5.41) is 0.753. The smallest absolute Gasteiger partial charge is 0.0360 e. The largest absolute Gasteiger partial charge is 0.0976 e. The summed E-state index contributed by atoms with van der Waals surface area (Å²) >= 11 is 5.65. The van der Waals surface area contributed by atoms with E-state index in [0.29, 0.717) is 5.92 Å². The lowest BCUT2D eigenvalue weighted by Gasteiger charge is -1.96. The fourth-order valence-corrected chi connectivity index (χ4v) is 0.521. The van der Waals surface area contributed by atoms with E-state index in [0.717, 1.165) is 11.5 Å². The molecule has 0 N–H and O–H groups in total. The van der Waals surface area contributed by atoms with E-state index in [-0.39, 0.29) is 0 Å². The maximum atomic E-state index is 5.65. The van der Waals surface area contributed by atoms with Gasteiger partial charge in [0.05, 0.1) is 0 Å². The third-order valence-corrected chi connectivity index (χ3v) is 1.29. The van der Waals surface area contributed by atoms with Crippen LogP contribution in [-0.4, -0.2) is 0 Å². The van der Waals surface area contributed by atoms with Crippen molar-refractivity contribution in [3.05, 3.63) is 23.8 Å². The summed E-state index contributed by atoms with van der Waals surface area (Å²) in [6, 6.07) is 0. The quantitative estimate of drug-likeness (QED) is 0.533. The Labute approximate surface area is 62.2 Å². The van der Waals surface area contributed by atoms with Crippen molar-refractivity contribution in [3.63, 3.8) is 0 Å². The van der Waals surface area contributed by atoms with Crippen LogP contribution in [-0.2, 0) is 0 Å². The average molecular weight is 145 g/mol. The summed E-state index contributed by atoms with van der Waals surface area (Å²) in [4.78, 5) is 0. The van der Waals surface area contributed by atoms with Crippen molar-refractivity contribution >= 4 is 11.6 Å². The van der Waals surface area contributed by atoms with E-state index in [9.17, 15) is 0 Å². The zero-order valence-corrected chi connectivity index (χ0v) is 6.78. The van der Waals surface area contributed by atoms with Gasteiger partial charge in [0.2, 0.25) is 0 Å². The lowest BCUT2D eigenvalue weighted by Crippen LogP contribution is -1.81. The molecule has 0 atom stereocenters. The highest BCUT2D eigenvalue weighted by atomic mass is 35.5. The summed E-state index contributed by atoms with van der Waals surface area (Å²) in [5.41, 5.74) is 0. The first-order valence-electron chi connectivity index (χ1n) is 3.15. The molecule has 0 aromatic rings. The second-order valence-corrected chi connectivity index (χ2v) is 2.86. The molecular formula is C8H13Cl. The molecule has 0 aliphatic carbocycles. The zero-order valence-electron chi connectivity index (χ0n) is 6.02. The van der Waals surface area contributed by atoms with Gasteiger partial charge in [0.15, 0.2) is 0 Å². The first kappa shape index (κ1) is 8.77. The summed E-state index contributed by atoms with van der Waals surface area (Å²) < 4.78 is 0. The number of rotatable bonds is 3. The van der Waals surface area contributed by atoms with Gasteiger partial charge in [-0.3, -0.25) is 0 Å². The zero-order chi connectivity index (χ0) is 7.28. The molecule has 0 amide bonds. The fourth-order valence-electron chi connectivity index (χ4n) is 0.432. The highest BCUT2D eigenvalue weighted by Gasteiger charge is 1.88. The monoisotopic (exact) mass is 144 g/mol. The molecule has 0 unspecified atom stereocenters. The maximum Gasteiger partial charge on any atom is 0.0360 e. The van der Waals surface area contributed by atoms with Gasteiger partial charge in [-0.1, -0.05) is 44.2 Å². The van der Waals surface area contributed by atoms with E-state index >= 15 is 0 Å². The molecule has 1 heteroatoms. The molecule has 52 valence electrons. The standard InChI is InChI=1S/C8H13Cl/c1-4-8(9)6-5-7(2)3/h4,6-7H,1,5H2,2-3H3. The van der Waals surface area contributed by atoms with E-state index in [1.54, 1.807) is 6.08 Å². The van der Waals surface area contributed by atoms with Crippen molar-refractivity contribution in [1.82, 2.24) is 0 Å². The lowest BCUT2D eigenvalue weighted by molar-refractivity contribution is 0.663. The Morgan fingerprint density at radius 3 is 2.56 bits per heavy atom. The lowest BCUT2D eigenvalue weighted by atomic mass is 10.1. The maximum absolute atomic E-state index is 5.65. The topological polar surface area (TPSA) is 0 Å². The normalized spacial score (nSPS) is 12.2. The number of hydrogen-bond donors (Lipinski definition) is 0. The Hall–Kier alpha value is -0.230. The minimum absolute atomic E-state index is 0.679. The number of hydrogen-bond acceptors (Lipinski definition) is 0. The van der Waals surface area contributed by atoms with Crippen LogP contribution in [0.1, 0.15) is 20.3 Å². The molecule has 0 heterocycles. The van der Waals surface area contributed by atoms with Crippen LogP contribution in [0.15, 0.2) is 23.8 Å². The van der Waals surface area contributed by atoms with Crippen LogP contribution in [0.25, 0.3) is 0 Å². The third-order valence-electron chi connectivity index (χ3n) is 0.979. The van der Waals surface area contributed by atoms with Gasteiger partial charge in [-0.15, -0.1) is 0 Å². The van der Waals surface area contributed by atoms with Gasteiger partial charge in [0, 0.05) is 5.03 Å². The van der Waals surface area contributed by atoms with Crippen LogP contribution in [0.5, 0.6) is 0 Å². The number of halogens is 1. The van der Waals surface area contributed by atoms with Crippen molar-refractivity contribution in [2.45, 2.75) is 20.3 Å². The molecule has 0 bridgehead atoms. The second-order valence-electron chi connectivity index (χ2n) is 2.42. The van der Waals surface area contributed by atoms with Crippen LogP contribution in [0.4, 0.5) is 0 Å². The number of allylic oxidation sites excluding steroid dienone is 3. The van der Waals surface area contributed by atoms with E-state index in [4.69, 9.17) is 11.6 Å². The molecule has 0 nitrogen and oxygen atoms in total. The van der Waals surface area contributed by atoms with Crippen LogP contribution < -0.4 is 0 Å². The van der Waals surface area contributed by atoms with Gasteiger partial charge in [-0.05, 0) is 12.3 Å². The summed E-state index contributed by atoms with van der Waals surface area (Å²) in [5.74, 6) is 0.679. The third kappa shape index (κ3) is 5.64. The molecule has 0 fully saturated rings. The average Bonchev–Trinajstić information content (AvgIpc) is 1.83. The molecule has 0 rings (SSSR count). The van der Waals surface area contributed by atoms with Gasteiger partial charge in [-0.2, -0.15) is 0 Å². The molecule has 0 radical (unpaired) electrons. The SMILES string of the molecule is C=CC(Cl)=CCC(C)C. The Morgan fingerprint density at radius 1 is 1.67 bits per heavy atom. The van der Waals surface area contributed by atoms with Gasteiger partial charge in [0.1, 0.15) is 0 Å². The van der Waals surface area contributed by atoms with Crippen LogP contribution in [0.3, 0.4) is 0 Å². The molecule has 0 saturated heterocycles. The van der Waals surface area contributed by atoms with Crippen LogP contribution in [0.2, 0.25) is 0 Å². The van der Waals surface area contributed by atoms with Crippen molar-refractivity contribution in [3.8, 4) is 0 Å². The second kappa shape index (κ2) is 4.63. The van der Waals surface area contributed by atoms with Gasteiger partial charge >= 0.3 is 0 Å². The van der Waals surface area contributed by atoms with Crippen molar-refractivity contribution in [2.75, 3.05) is 0 Å². The molecule has 0 aliphatic heterocycles. The van der Waals surface area contributed by atoms with Gasteiger partial charge in [0.25, 0.3) is 0 Å². The Morgan fingerprint density at radius 2 is 2.22 bits per heavy atom. The summed E-state index contributed by atoms with van der Waals surface area (Å²) in [7, 11) is 0. The van der Waals surface area contributed by atoms with Gasteiger partial charge < -0.3 is 0 Å². The molecule has 0 spiro atoms. The predicted molar refractivity (Wildman–Crippen MR) is 43.6 cm³/mol. The van der Waals surface area contributed by atoms with E-state index in [1.807, 2.05) is 6.08 Å².